The van der Waals surface area contributed by atoms with Gasteiger partial charge in [0.25, 0.3) is 0 Å². The van der Waals surface area contributed by atoms with Crippen LogP contribution in [0.2, 0.25) is 0 Å². The smallest absolute Gasteiger partial charge is 0.184 e. The number of hydrogen-bond donors (Lipinski definition) is 0. The summed E-state index contributed by atoms with van der Waals surface area (Å²) >= 11 is 0. The van der Waals surface area contributed by atoms with E-state index in [1.807, 2.05) is 0 Å². The minimum Gasteiger partial charge on any atom is -0.257 e. The van der Waals surface area contributed by atoms with Crippen LogP contribution in [0.1, 0.15) is 87.5 Å². The summed E-state index contributed by atoms with van der Waals surface area (Å²) in [6.45, 7) is 34.0. The van der Waals surface area contributed by atoms with E-state index in [1.165, 1.54) is 128 Å². The molecule has 0 fully saturated rings. The van der Waals surface area contributed by atoms with Gasteiger partial charge in [-0.2, -0.15) is 0 Å². The van der Waals surface area contributed by atoms with Gasteiger partial charge in [0.05, 0.1) is 24.1 Å². The maximum Gasteiger partial charge on any atom is 0.184 e. The van der Waals surface area contributed by atoms with E-state index in [0.29, 0.717) is 0 Å². The zero-order valence-corrected chi connectivity index (χ0v) is 39.1. The van der Waals surface area contributed by atoms with Crippen LogP contribution in [0.25, 0.3) is 55.9 Å². The molecule has 8 aromatic rings. The first-order chi connectivity index (χ1) is 27.4. The van der Waals surface area contributed by atoms with Crippen LogP contribution in [-0.2, 0) is 0 Å². The summed E-state index contributed by atoms with van der Waals surface area (Å²) in [5.74, 6) is 0. The third-order valence-electron chi connectivity index (χ3n) is 11.7. The molecule has 296 valence electrons. The fourth-order valence-corrected chi connectivity index (χ4v) is 17.3. The molecule has 0 spiro atoms. The maximum absolute atomic E-state index is 5.70. The lowest BCUT2D eigenvalue weighted by Gasteiger charge is -2.23. The molecule has 0 saturated carbocycles. The quantitative estimate of drug-likeness (QED) is 0.160. The van der Waals surface area contributed by atoms with Gasteiger partial charge < -0.3 is 0 Å². The van der Waals surface area contributed by atoms with Crippen molar-refractivity contribution >= 4 is 14.5 Å². The standard InChI is InChI=1S/C53H59N3P2/c1-30-22-34(5)46(35(6)23-30)42-18-16-19-43(47-36(7)24-31(2)25-37(47)8)50(42)55-52(54-53(13,14)15)57-56(58(55)57)51-44(48-38(9)26-32(3)27-39(48)10)20-17-21-45(51)49-40(11)28-33(4)29-41(49)12/h16-29H,1-15H3. The molecule has 0 amide bonds. The summed E-state index contributed by atoms with van der Waals surface area (Å²) in [5.41, 5.74) is 28.8. The Morgan fingerprint density at radius 1 is 0.414 bits per heavy atom. The minimum absolute atomic E-state index is 0.247. The summed E-state index contributed by atoms with van der Waals surface area (Å²) in [7, 11) is -1.43. The summed E-state index contributed by atoms with van der Waals surface area (Å²) < 4.78 is 5.56. The fraction of sp³-hybridized carbons (Fsp3) is 0.302. The average Bonchev–Trinajstić information content (AvgIpc) is 3.74. The molecule has 2 aromatic heterocycles. The molecule has 0 radical (unpaired) electrons. The summed E-state index contributed by atoms with van der Waals surface area (Å²) in [6.07, 6.45) is 0. The van der Waals surface area contributed by atoms with Crippen molar-refractivity contribution in [2.45, 2.75) is 109 Å². The fourth-order valence-electron chi connectivity index (χ4n) is 10.1. The summed E-state index contributed by atoms with van der Waals surface area (Å²) in [6, 6.07) is 32.9. The normalized spacial score (nSPS) is 13.1. The van der Waals surface area contributed by atoms with Gasteiger partial charge >= 0.3 is 0 Å². The molecule has 2 atom stereocenters. The lowest BCUT2D eigenvalue weighted by Crippen LogP contribution is -2.23. The van der Waals surface area contributed by atoms with E-state index in [-0.39, 0.29) is 5.54 Å². The Hall–Kier alpha value is -4.81. The van der Waals surface area contributed by atoms with Crippen LogP contribution in [0.5, 0.6) is 0 Å². The first-order valence-corrected chi connectivity index (χ1v) is 24.0. The van der Waals surface area contributed by atoms with Gasteiger partial charge in [0.15, 0.2) is 5.22 Å². The van der Waals surface area contributed by atoms with Crippen molar-refractivity contribution in [2.75, 3.05) is 0 Å². The molecule has 2 unspecified atom stereocenters. The highest BCUT2D eigenvalue weighted by molar-refractivity contribution is 8.12. The molecule has 0 saturated heterocycles. The lowest BCUT2D eigenvalue weighted by molar-refractivity contribution is 0.563. The molecule has 0 aliphatic rings. The Labute approximate surface area is 348 Å². The molecule has 0 N–H and O–H groups in total. The number of nitrogens with zero attached hydrogens (tertiary/aromatic N) is 3. The largest absolute Gasteiger partial charge is 0.257 e. The van der Waals surface area contributed by atoms with Crippen molar-refractivity contribution in [2.24, 2.45) is 4.99 Å². The van der Waals surface area contributed by atoms with Crippen molar-refractivity contribution in [1.82, 2.24) is 8.42 Å². The second-order valence-electron chi connectivity index (χ2n) is 18.2. The Kier molecular flexibility index (Phi) is 9.98. The van der Waals surface area contributed by atoms with Gasteiger partial charge in [0.2, 0.25) is 0 Å². The van der Waals surface area contributed by atoms with Gasteiger partial charge in [0.1, 0.15) is 7.33 Å². The number of aryl methyl sites for hydroxylation is 12. The topological polar surface area (TPSA) is 22.2 Å². The van der Waals surface area contributed by atoms with Gasteiger partial charge in [-0.05, 0) is 171 Å². The third-order valence-corrected chi connectivity index (χ3v) is 18.1. The van der Waals surface area contributed by atoms with E-state index in [1.54, 1.807) is 0 Å². The highest BCUT2D eigenvalue weighted by Gasteiger charge is 2.36. The van der Waals surface area contributed by atoms with E-state index in [0.717, 1.165) is 0 Å². The van der Waals surface area contributed by atoms with Crippen LogP contribution in [0.3, 0.4) is 0 Å². The monoisotopic (exact) mass is 799 g/mol. The molecule has 0 aliphatic carbocycles. The maximum atomic E-state index is 5.70. The third kappa shape index (κ3) is 6.75. The average molecular weight is 800 g/mol. The van der Waals surface area contributed by atoms with Gasteiger partial charge in [-0.1, -0.05) is 107 Å². The van der Waals surface area contributed by atoms with E-state index >= 15 is 0 Å². The van der Waals surface area contributed by atoms with E-state index < -0.39 is 14.5 Å². The summed E-state index contributed by atoms with van der Waals surface area (Å²) in [5, 5.41) is 1.24. The van der Waals surface area contributed by atoms with Crippen LogP contribution >= 0.6 is 14.5 Å². The molecule has 2 heterocycles. The predicted octanol–water partition coefficient (Wildman–Crippen LogP) is 15.5. The van der Waals surface area contributed by atoms with Crippen LogP contribution in [0.4, 0.5) is 0 Å². The molecule has 58 heavy (non-hydrogen) atoms. The highest BCUT2D eigenvalue weighted by atomic mass is 31.9. The molecule has 8 rings (SSSR count). The highest BCUT2D eigenvalue weighted by Crippen LogP contribution is 2.65. The Morgan fingerprint density at radius 3 is 0.966 bits per heavy atom. The second-order valence-corrected chi connectivity index (χ2v) is 23.5. The van der Waals surface area contributed by atoms with E-state index in [9.17, 15) is 0 Å². The molecule has 0 bridgehead atoms. The second kappa shape index (κ2) is 14.5. The number of para-hydroxylation sites is 2. The lowest BCUT2D eigenvalue weighted by atomic mass is 9.87. The van der Waals surface area contributed by atoms with Crippen molar-refractivity contribution in [1.29, 1.82) is 0 Å². The SMILES string of the molecule is Cc1cc(C)c(-c2cccc(-c3c(C)cc(C)cc3C)c2-n2c(=NC(C)(C)C)p3n(-c4c(-c5c(C)cc(C)cc5C)cccc4-c4c(C)cc(C)cc4C)p23)c(C)c1. The van der Waals surface area contributed by atoms with Gasteiger partial charge in [0, 0.05) is 22.3 Å². The first-order valence-electron chi connectivity index (χ1n) is 20.7. The van der Waals surface area contributed by atoms with Gasteiger partial charge in [-0.25, -0.2) is 0 Å². The van der Waals surface area contributed by atoms with Crippen LogP contribution in [0, 0.1) is 83.1 Å². The van der Waals surface area contributed by atoms with Crippen LogP contribution in [0.15, 0.2) is 89.9 Å². The van der Waals surface area contributed by atoms with E-state index in [2.05, 4.69) is 197 Å². The molecule has 0 aliphatic heterocycles. The molecular formula is C53H59N3P2. The van der Waals surface area contributed by atoms with Crippen molar-refractivity contribution in [3.05, 3.63) is 157 Å². The zero-order valence-electron chi connectivity index (χ0n) is 37.3. The number of benzene rings is 6. The Morgan fingerprint density at radius 2 is 0.690 bits per heavy atom. The minimum atomic E-state index is -0.750. The predicted molar refractivity (Wildman–Crippen MR) is 254 cm³/mol. The first kappa shape index (κ1) is 40.0. The zero-order chi connectivity index (χ0) is 41.7. The van der Waals surface area contributed by atoms with Crippen LogP contribution in [-0.4, -0.2) is 14.0 Å². The van der Waals surface area contributed by atoms with Crippen molar-refractivity contribution < 1.29 is 0 Å². The molecular weight excluding hydrogens is 741 g/mol. The number of hydrogen-bond acceptors (Lipinski definition) is 1. The van der Waals surface area contributed by atoms with Gasteiger partial charge in [-0.15, -0.1) is 0 Å². The Bertz CT molecular complexity index is 2760. The van der Waals surface area contributed by atoms with E-state index in [4.69, 9.17) is 4.99 Å². The number of rotatable bonds is 6. The van der Waals surface area contributed by atoms with Crippen molar-refractivity contribution in [3.63, 3.8) is 0 Å². The number of aromatic nitrogens is 2. The number of fused-ring (bicyclic) bond motifs is 1. The van der Waals surface area contributed by atoms with Gasteiger partial charge in [-0.3, -0.25) is 13.4 Å². The Balaban J connectivity index is 1.55. The molecule has 5 heteroatoms. The van der Waals surface area contributed by atoms with Crippen molar-refractivity contribution in [3.8, 4) is 55.9 Å². The van der Waals surface area contributed by atoms with Crippen LogP contribution < -0.4 is 5.22 Å². The summed E-state index contributed by atoms with van der Waals surface area (Å²) in [4.78, 5) is 5.70. The molecule has 3 nitrogen and oxygen atoms in total. The molecule has 6 aromatic carbocycles.